The zero-order valence-electron chi connectivity index (χ0n) is 11.1. The topological polar surface area (TPSA) is 81.4 Å². The number of aromatic nitrogens is 2. The first kappa shape index (κ1) is 14.4. The fourth-order valence-electron chi connectivity index (χ4n) is 2.01. The van der Waals surface area contributed by atoms with Gasteiger partial charge in [0.05, 0.1) is 19.1 Å². The third kappa shape index (κ3) is 2.76. The quantitative estimate of drug-likeness (QED) is 0.836. The predicted octanol–water partition coefficient (Wildman–Crippen LogP) is 0.695. The monoisotopic (exact) mass is 254 g/mol. The molecule has 0 spiro atoms. The highest BCUT2D eigenvalue weighted by Gasteiger charge is 2.21. The second kappa shape index (κ2) is 5.77. The standard InChI is InChI=1S/C12H18N2O4/c1-7(11(15)16)10-8(2)13-12(17)14(9(10)3)5-6-18-4/h7H,5-6H2,1-4H3,(H,15,16). The van der Waals surface area contributed by atoms with Crippen molar-refractivity contribution in [2.45, 2.75) is 33.2 Å². The molecule has 0 amide bonds. The Hall–Kier alpha value is -1.69. The lowest BCUT2D eigenvalue weighted by Gasteiger charge is -2.17. The van der Waals surface area contributed by atoms with E-state index in [9.17, 15) is 9.59 Å². The number of carbonyl (C=O) groups is 1. The van der Waals surface area contributed by atoms with Gasteiger partial charge in [0, 0.05) is 24.1 Å². The Bertz CT molecular complexity index is 508. The van der Waals surface area contributed by atoms with Crippen LogP contribution < -0.4 is 5.69 Å². The van der Waals surface area contributed by atoms with Crippen LogP contribution in [0.15, 0.2) is 4.79 Å². The van der Waals surface area contributed by atoms with Crippen molar-refractivity contribution in [2.24, 2.45) is 0 Å². The van der Waals surface area contributed by atoms with Crippen LogP contribution in [0.25, 0.3) is 0 Å². The van der Waals surface area contributed by atoms with Gasteiger partial charge in [0.2, 0.25) is 0 Å². The number of nitrogens with zero attached hydrogens (tertiary/aromatic N) is 2. The number of aryl methyl sites for hydroxylation is 1. The summed E-state index contributed by atoms with van der Waals surface area (Å²) in [4.78, 5) is 26.7. The predicted molar refractivity (Wildman–Crippen MR) is 65.9 cm³/mol. The van der Waals surface area contributed by atoms with E-state index < -0.39 is 11.9 Å². The Morgan fingerprint density at radius 2 is 2.11 bits per heavy atom. The van der Waals surface area contributed by atoms with Crippen molar-refractivity contribution in [3.63, 3.8) is 0 Å². The highest BCUT2D eigenvalue weighted by molar-refractivity contribution is 5.76. The molecular formula is C12H18N2O4. The van der Waals surface area contributed by atoms with Crippen molar-refractivity contribution in [3.8, 4) is 0 Å². The van der Waals surface area contributed by atoms with Gasteiger partial charge in [-0.15, -0.1) is 0 Å². The molecular weight excluding hydrogens is 236 g/mol. The Kier molecular flexibility index (Phi) is 4.61. The molecule has 1 heterocycles. The number of ether oxygens (including phenoxy) is 1. The fraction of sp³-hybridized carbons (Fsp3) is 0.583. The smallest absolute Gasteiger partial charge is 0.348 e. The first-order valence-electron chi connectivity index (χ1n) is 5.69. The van der Waals surface area contributed by atoms with Crippen LogP contribution in [-0.2, 0) is 16.1 Å². The van der Waals surface area contributed by atoms with Crippen LogP contribution in [0.3, 0.4) is 0 Å². The van der Waals surface area contributed by atoms with Gasteiger partial charge in [-0.3, -0.25) is 9.36 Å². The zero-order chi connectivity index (χ0) is 13.9. The second-order valence-corrected chi connectivity index (χ2v) is 4.18. The van der Waals surface area contributed by atoms with Gasteiger partial charge in [-0.05, 0) is 20.8 Å². The molecule has 100 valence electrons. The van der Waals surface area contributed by atoms with Gasteiger partial charge >= 0.3 is 11.7 Å². The van der Waals surface area contributed by atoms with Gasteiger partial charge in [0.15, 0.2) is 0 Å². The average Bonchev–Trinajstić information content (AvgIpc) is 2.28. The van der Waals surface area contributed by atoms with Gasteiger partial charge in [0.25, 0.3) is 0 Å². The first-order valence-corrected chi connectivity index (χ1v) is 5.69. The molecule has 1 aromatic rings. The molecule has 0 fully saturated rings. The third-order valence-electron chi connectivity index (χ3n) is 3.00. The molecule has 6 heteroatoms. The molecule has 0 aliphatic carbocycles. The summed E-state index contributed by atoms with van der Waals surface area (Å²) < 4.78 is 6.38. The van der Waals surface area contributed by atoms with Crippen LogP contribution >= 0.6 is 0 Å². The van der Waals surface area contributed by atoms with Gasteiger partial charge in [-0.2, -0.15) is 4.98 Å². The highest BCUT2D eigenvalue weighted by Crippen LogP contribution is 2.21. The van der Waals surface area contributed by atoms with Gasteiger partial charge in [-0.1, -0.05) is 0 Å². The van der Waals surface area contributed by atoms with Crippen molar-refractivity contribution < 1.29 is 14.6 Å². The van der Waals surface area contributed by atoms with Crippen molar-refractivity contribution in [3.05, 3.63) is 27.4 Å². The Morgan fingerprint density at radius 1 is 1.50 bits per heavy atom. The number of rotatable bonds is 5. The summed E-state index contributed by atoms with van der Waals surface area (Å²) in [5.41, 5.74) is 1.34. The van der Waals surface area contributed by atoms with Crippen LogP contribution in [-0.4, -0.2) is 34.3 Å². The number of carboxylic acids is 1. The molecule has 0 bridgehead atoms. The molecule has 1 unspecified atom stereocenters. The third-order valence-corrected chi connectivity index (χ3v) is 3.00. The summed E-state index contributed by atoms with van der Waals surface area (Å²) in [5.74, 6) is -1.62. The van der Waals surface area contributed by atoms with E-state index in [0.29, 0.717) is 30.1 Å². The number of hydrogen-bond acceptors (Lipinski definition) is 4. The first-order chi connectivity index (χ1) is 8.40. The van der Waals surface area contributed by atoms with Crippen LogP contribution in [0.4, 0.5) is 0 Å². The average molecular weight is 254 g/mol. The maximum atomic E-state index is 11.8. The molecule has 0 aromatic carbocycles. The lowest BCUT2D eigenvalue weighted by molar-refractivity contribution is -0.138. The van der Waals surface area contributed by atoms with E-state index in [2.05, 4.69) is 4.98 Å². The summed E-state index contributed by atoms with van der Waals surface area (Å²) >= 11 is 0. The van der Waals surface area contributed by atoms with Crippen molar-refractivity contribution >= 4 is 5.97 Å². The Balaban J connectivity index is 3.35. The summed E-state index contributed by atoms with van der Waals surface area (Å²) in [5, 5.41) is 9.08. The molecule has 6 nitrogen and oxygen atoms in total. The summed E-state index contributed by atoms with van der Waals surface area (Å²) in [6, 6.07) is 0. The van der Waals surface area contributed by atoms with E-state index >= 15 is 0 Å². The van der Waals surface area contributed by atoms with Gasteiger partial charge in [0.1, 0.15) is 0 Å². The number of carboxylic acid groups (broad SMARTS) is 1. The van der Waals surface area contributed by atoms with Crippen molar-refractivity contribution in [1.29, 1.82) is 0 Å². The Morgan fingerprint density at radius 3 is 2.61 bits per heavy atom. The Labute approximate surface area is 105 Å². The van der Waals surface area contributed by atoms with Crippen LogP contribution in [0.1, 0.15) is 29.8 Å². The second-order valence-electron chi connectivity index (χ2n) is 4.18. The molecule has 18 heavy (non-hydrogen) atoms. The molecule has 1 N–H and O–H groups in total. The lowest BCUT2D eigenvalue weighted by atomic mass is 9.98. The molecule has 0 aliphatic rings. The fourth-order valence-corrected chi connectivity index (χ4v) is 2.01. The van der Waals surface area contributed by atoms with Crippen LogP contribution in [0, 0.1) is 13.8 Å². The van der Waals surface area contributed by atoms with E-state index in [1.807, 2.05) is 0 Å². The zero-order valence-corrected chi connectivity index (χ0v) is 11.1. The number of methoxy groups -OCH3 is 1. The lowest BCUT2D eigenvalue weighted by Crippen LogP contribution is -2.30. The molecule has 0 saturated carbocycles. The minimum Gasteiger partial charge on any atom is -0.481 e. The van der Waals surface area contributed by atoms with Crippen LogP contribution in [0.5, 0.6) is 0 Å². The van der Waals surface area contributed by atoms with E-state index in [1.54, 1.807) is 27.9 Å². The minimum absolute atomic E-state index is 0.369. The summed E-state index contributed by atoms with van der Waals surface area (Å²) in [6.45, 7) is 5.73. The summed E-state index contributed by atoms with van der Waals surface area (Å²) in [6.07, 6.45) is 0. The number of hydrogen-bond donors (Lipinski definition) is 1. The van der Waals surface area contributed by atoms with E-state index in [4.69, 9.17) is 9.84 Å². The van der Waals surface area contributed by atoms with E-state index in [0.717, 1.165) is 0 Å². The minimum atomic E-state index is -0.931. The molecule has 1 aromatic heterocycles. The normalized spacial score (nSPS) is 12.4. The van der Waals surface area contributed by atoms with E-state index in [-0.39, 0.29) is 5.69 Å². The summed E-state index contributed by atoms with van der Waals surface area (Å²) in [7, 11) is 1.54. The maximum absolute atomic E-state index is 11.8. The van der Waals surface area contributed by atoms with Gasteiger partial charge in [-0.25, -0.2) is 4.79 Å². The van der Waals surface area contributed by atoms with Crippen LogP contribution in [0.2, 0.25) is 0 Å². The molecule has 0 radical (unpaired) electrons. The van der Waals surface area contributed by atoms with Gasteiger partial charge < -0.3 is 9.84 Å². The SMILES string of the molecule is COCCn1c(C)c(C(C)C(=O)O)c(C)nc1=O. The molecule has 0 saturated heterocycles. The van der Waals surface area contributed by atoms with E-state index in [1.165, 1.54) is 4.57 Å². The largest absolute Gasteiger partial charge is 0.481 e. The molecule has 1 rings (SSSR count). The number of aliphatic carboxylic acids is 1. The highest BCUT2D eigenvalue weighted by atomic mass is 16.5. The molecule has 0 aliphatic heterocycles. The molecule has 1 atom stereocenters. The maximum Gasteiger partial charge on any atom is 0.348 e. The van der Waals surface area contributed by atoms with Crippen molar-refractivity contribution in [1.82, 2.24) is 9.55 Å². The van der Waals surface area contributed by atoms with Crippen molar-refractivity contribution in [2.75, 3.05) is 13.7 Å².